The number of para-hydroxylation sites is 1. The molecular weight excluding hydrogens is 384 g/mol. The average molecular weight is 397 g/mol. The number of carbonyl (C=O) groups excluding carboxylic acids is 1. The quantitative estimate of drug-likeness (QED) is 0.598. The summed E-state index contributed by atoms with van der Waals surface area (Å²) in [7, 11) is -2.77. The Balaban J connectivity index is 1.72. The Morgan fingerprint density at radius 2 is 1.96 bits per heavy atom. The molecule has 0 aliphatic rings. The monoisotopic (exact) mass is 396 g/mol. The van der Waals surface area contributed by atoms with Crippen LogP contribution < -0.4 is 0 Å². The first-order valence-electron chi connectivity index (χ1n) is 6.93. The van der Waals surface area contributed by atoms with Crippen LogP contribution in [0.1, 0.15) is 0 Å². The van der Waals surface area contributed by atoms with Crippen LogP contribution in [0, 0.1) is 0 Å². The predicted molar refractivity (Wildman–Crippen MR) is 102 cm³/mol. The summed E-state index contributed by atoms with van der Waals surface area (Å²) in [4.78, 5) is 17.0. The summed E-state index contributed by atoms with van der Waals surface area (Å²) >= 11 is 8.66. The van der Waals surface area contributed by atoms with Crippen LogP contribution in [0.2, 0.25) is 5.02 Å². The molecule has 1 aromatic heterocycles. The van der Waals surface area contributed by atoms with Gasteiger partial charge in [0.2, 0.25) is 0 Å². The largest absolute Gasteiger partial charge is 0.271 e. The second kappa shape index (κ2) is 7.23. The van der Waals surface area contributed by atoms with Gasteiger partial charge in [-0.2, -0.15) is 4.36 Å². The van der Waals surface area contributed by atoms with Crippen molar-refractivity contribution in [3.05, 3.63) is 53.6 Å². The smallest absolute Gasteiger partial charge is 0.264 e. The van der Waals surface area contributed by atoms with Gasteiger partial charge in [0.1, 0.15) is 0 Å². The summed E-state index contributed by atoms with van der Waals surface area (Å²) in [5, 5.41) is 0.548. The van der Waals surface area contributed by atoms with Crippen molar-refractivity contribution in [3.63, 3.8) is 0 Å². The maximum absolute atomic E-state index is 12.6. The Kier molecular flexibility index (Phi) is 5.24. The molecule has 0 N–H and O–H groups in total. The van der Waals surface area contributed by atoms with Gasteiger partial charge >= 0.3 is 0 Å². The maximum Gasteiger partial charge on any atom is 0.264 e. The first kappa shape index (κ1) is 17.4. The summed E-state index contributed by atoms with van der Waals surface area (Å²) in [5.74, 6) is -0.306. The second-order valence-electron chi connectivity index (χ2n) is 4.98. The molecule has 0 radical (unpaired) electrons. The molecular formula is C16H13ClN2O2S3. The molecule has 0 bridgehead atoms. The standard InChI is InChI=1S/C16H13ClN2O2S3/c1-24(21,12-8-6-11(17)7-9-12)19-15(20)10-22-16-18-13-4-2-3-5-14(13)23-16/h2-9H,10H2,1H3. The molecule has 0 aliphatic heterocycles. The van der Waals surface area contributed by atoms with Crippen LogP contribution in [0.3, 0.4) is 0 Å². The number of benzene rings is 2. The number of fused-ring (bicyclic) bond motifs is 1. The Labute approximate surface area is 153 Å². The molecule has 1 heterocycles. The molecule has 0 saturated carbocycles. The fraction of sp³-hybridized carbons (Fsp3) is 0.125. The molecule has 0 aliphatic carbocycles. The van der Waals surface area contributed by atoms with E-state index in [1.807, 2.05) is 24.3 Å². The minimum atomic E-state index is -2.77. The van der Waals surface area contributed by atoms with E-state index in [2.05, 4.69) is 9.35 Å². The fourth-order valence-electron chi connectivity index (χ4n) is 2.00. The molecule has 1 amide bonds. The van der Waals surface area contributed by atoms with E-state index in [0.717, 1.165) is 14.6 Å². The lowest BCUT2D eigenvalue weighted by Gasteiger charge is -2.03. The van der Waals surface area contributed by atoms with Gasteiger partial charge < -0.3 is 0 Å². The van der Waals surface area contributed by atoms with Gasteiger partial charge in [-0.15, -0.1) is 11.3 Å². The van der Waals surface area contributed by atoms with Crippen molar-refractivity contribution in [3.8, 4) is 0 Å². The van der Waals surface area contributed by atoms with Gasteiger partial charge in [0, 0.05) is 16.2 Å². The number of thiazole rings is 1. The van der Waals surface area contributed by atoms with Gasteiger partial charge in [-0.3, -0.25) is 4.79 Å². The minimum Gasteiger partial charge on any atom is -0.271 e. The Bertz CT molecular complexity index is 973. The van der Waals surface area contributed by atoms with Gasteiger partial charge in [-0.25, -0.2) is 9.19 Å². The van der Waals surface area contributed by atoms with Crippen molar-refractivity contribution in [2.75, 3.05) is 12.0 Å². The Morgan fingerprint density at radius 3 is 2.67 bits per heavy atom. The molecule has 4 nitrogen and oxygen atoms in total. The molecule has 3 rings (SSSR count). The highest BCUT2D eigenvalue weighted by atomic mass is 35.5. The fourth-order valence-corrected chi connectivity index (χ4v) is 5.26. The molecule has 0 spiro atoms. The summed E-state index contributed by atoms with van der Waals surface area (Å²) in [6.45, 7) is 0. The zero-order valence-electron chi connectivity index (χ0n) is 12.6. The molecule has 1 unspecified atom stereocenters. The number of nitrogens with zero attached hydrogens (tertiary/aromatic N) is 2. The van der Waals surface area contributed by atoms with Gasteiger partial charge in [-0.05, 0) is 36.4 Å². The van der Waals surface area contributed by atoms with E-state index in [9.17, 15) is 9.00 Å². The molecule has 0 fully saturated rings. The van der Waals surface area contributed by atoms with E-state index in [1.54, 1.807) is 24.3 Å². The van der Waals surface area contributed by atoms with E-state index in [0.29, 0.717) is 9.92 Å². The lowest BCUT2D eigenvalue weighted by Crippen LogP contribution is -2.05. The molecule has 124 valence electrons. The normalized spacial score (nSPS) is 13.6. The highest BCUT2D eigenvalue weighted by Crippen LogP contribution is 2.29. The maximum atomic E-state index is 12.6. The molecule has 1 atom stereocenters. The predicted octanol–water partition coefficient (Wildman–Crippen LogP) is 4.73. The van der Waals surface area contributed by atoms with Crippen molar-refractivity contribution >= 4 is 60.6 Å². The summed E-state index contributed by atoms with van der Waals surface area (Å²) in [5.41, 5.74) is 0.912. The highest BCUT2D eigenvalue weighted by Gasteiger charge is 2.11. The van der Waals surface area contributed by atoms with E-state index < -0.39 is 15.6 Å². The summed E-state index contributed by atoms with van der Waals surface area (Å²) in [6, 6.07) is 14.3. The number of hydrogen-bond donors (Lipinski definition) is 0. The lowest BCUT2D eigenvalue weighted by molar-refractivity contribution is -0.115. The van der Waals surface area contributed by atoms with Crippen LogP contribution in [0.25, 0.3) is 10.2 Å². The second-order valence-corrected chi connectivity index (χ2v) is 9.93. The van der Waals surface area contributed by atoms with Crippen LogP contribution in [0.5, 0.6) is 0 Å². The van der Waals surface area contributed by atoms with Crippen LogP contribution in [-0.4, -0.2) is 27.1 Å². The summed E-state index contributed by atoms with van der Waals surface area (Å²) in [6.07, 6.45) is 1.45. The van der Waals surface area contributed by atoms with Crippen molar-refractivity contribution in [2.45, 2.75) is 9.24 Å². The average Bonchev–Trinajstić information content (AvgIpc) is 2.96. The third-order valence-electron chi connectivity index (χ3n) is 3.12. The first-order valence-corrected chi connectivity index (χ1v) is 11.0. The molecule has 3 aromatic rings. The third kappa shape index (κ3) is 4.16. The van der Waals surface area contributed by atoms with Crippen LogP contribution >= 0.6 is 34.7 Å². The number of hydrogen-bond acceptors (Lipinski definition) is 5. The number of thioether (sulfide) groups is 1. The Morgan fingerprint density at radius 1 is 1.25 bits per heavy atom. The van der Waals surface area contributed by atoms with Crippen LogP contribution in [0.15, 0.2) is 62.1 Å². The lowest BCUT2D eigenvalue weighted by atomic mass is 10.3. The zero-order chi connectivity index (χ0) is 17.2. The molecule has 8 heteroatoms. The van der Waals surface area contributed by atoms with Crippen molar-refractivity contribution < 1.29 is 9.00 Å². The number of carbonyl (C=O) groups is 1. The summed E-state index contributed by atoms with van der Waals surface area (Å²) < 4.78 is 18.4. The number of aromatic nitrogens is 1. The van der Waals surface area contributed by atoms with Gasteiger partial charge in [-0.1, -0.05) is 35.5 Å². The van der Waals surface area contributed by atoms with E-state index in [-0.39, 0.29) is 5.75 Å². The first-order chi connectivity index (χ1) is 11.4. The van der Waals surface area contributed by atoms with Crippen LogP contribution in [-0.2, 0) is 14.5 Å². The molecule has 24 heavy (non-hydrogen) atoms. The minimum absolute atomic E-state index is 0.109. The van der Waals surface area contributed by atoms with Gasteiger partial charge in [0.25, 0.3) is 5.91 Å². The highest BCUT2D eigenvalue weighted by molar-refractivity contribution is 8.01. The molecule has 0 saturated heterocycles. The van der Waals surface area contributed by atoms with E-state index in [4.69, 9.17) is 11.6 Å². The zero-order valence-corrected chi connectivity index (χ0v) is 15.8. The number of rotatable bonds is 4. The SMILES string of the molecule is CS(=O)(=NC(=O)CSc1nc2ccccc2s1)c1ccc(Cl)cc1. The van der Waals surface area contributed by atoms with Gasteiger partial charge in [0.05, 0.1) is 25.7 Å². The topological polar surface area (TPSA) is 59.4 Å². The van der Waals surface area contributed by atoms with E-state index >= 15 is 0 Å². The van der Waals surface area contributed by atoms with Gasteiger partial charge in [0.15, 0.2) is 4.34 Å². The van der Waals surface area contributed by atoms with Crippen LogP contribution in [0.4, 0.5) is 0 Å². The Hall–Kier alpha value is -1.41. The third-order valence-corrected chi connectivity index (χ3v) is 7.24. The number of amides is 1. The van der Waals surface area contributed by atoms with Crippen molar-refractivity contribution in [2.24, 2.45) is 4.36 Å². The van der Waals surface area contributed by atoms with E-state index in [1.165, 1.54) is 29.4 Å². The number of halogens is 1. The van der Waals surface area contributed by atoms with Crippen molar-refractivity contribution in [1.82, 2.24) is 4.98 Å². The van der Waals surface area contributed by atoms with Crippen molar-refractivity contribution in [1.29, 1.82) is 0 Å². The molecule has 2 aromatic carbocycles.